The van der Waals surface area contributed by atoms with E-state index in [-0.39, 0.29) is 0 Å². The van der Waals surface area contributed by atoms with Crippen molar-refractivity contribution in [2.24, 2.45) is 0 Å². The van der Waals surface area contributed by atoms with Gasteiger partial charge in [0.2, 0.25) is 0 Å². The minimum Gasteiger partial charge on any atom is -0.520 e. The van der Waals surface area contributed by atoms with Crippen LogP contribution in [0.4, 0.5) is 0 Å². The maximum Gasteiger partial charge on any atom is 0.536 e. The third-order valence-electron chi connectivity index (χ3n) is 5.39. The van der Waals surface area contributed by atoms with Crippen LogP contribution in [0.1, 0.15) is 37.7 Å². The van der Waals surface area contributed by atoms with E-state index >= 15 is 0 Å². The van der Waals surface area contributed by atoms with E-state index in [1.807, 2.05) is 18.2 Å². The van der Waals surface area contributed by atoms with Crippen molar-refractivity contribution in [1.82, 2.24) is 0 Å². The first-order chi connectivity index (χ1) is 11.6. The van der Waals surface area contributed by atoms with Crippen molar-refractivity contribution in [2.45, 2.75) is 50.8 Å². The highest BCUT2D eigenvalue weighted by molar-refractivity contribution is 6.75. The van der Waals surface area contributed by atoms with Gasteiger partial charge in [-0.25, -0.2) is 0 Å². The molecule has 1 aromatic carbocycles. The summed E-state index contributed by atoms with van der Waals surface area (Å²) in [6.07, 6.45) is 6.43. The van der Waals surface area contributed by atoms with Crippen LogP contribution in [0.3, 0.4) is 0 Å². The van der Waals surface area contributed by atoms with Gasteiger partial charge >= 0.3 is 17.4 Å². The summed E-state index contributed by atoms with van der Waals surface area (Å²) in [5, 5.41) is 0.934. The lowest BCUT2D eigenvalue weighted by Crippen LogP contribution is -2.55. The van der Waals surface area contributed by atoms with Gasteiger partial charge in [0, 0.05) is 37.6 Å². The van der Waals surface area contributed by atoms with Crippen LogP contribution in [0.15, 0.2) is 18.2 Å². The fourth-order valence-electron chi connectivity index (χ4n) is 3.88. The second kappa shape index (κ2) is 7.27. The van der Waals surface area contributed by atoms with Gasteiger partial charge < -0.3 is 22.1 Å². The summed E-state index contributed by atoms with van der Waals surface area (Å²) in [4.78, 5) is 0. The van der Waals surface area contributed by atoms with E-state index in [0.717, 1.165) is 16.5 Å². The fourth-order valence-corrected chi connectivity index (χ4v) is 8.72. The molecular formula is C17H28O5Si2. The molecule has 0 N–H and O–H groups in total. The van der Waals surface area contributed by atoms with Crippen molar-refractivity contribution < 1.29 is 22.1 Å². The number of hydrogen-bond donors (Lipinski definition) is 0. The topological polar surface area (TPSA) is 46.2 Å². The van der Waals surface area contributed by atoms with Gasteiger partial charge in [0.25, 0.3) is 0 Å². The number of hydrogen-bond acceptors (Lipinski definition) is 5. The summed E-state index contributed by atoms with van der Waals surface area (Å²) >= 11 is 0. The van der Waals surface area contributed by atoms with Gasteiger partial charge in [0.15, 0.2) is 0 Å². The molecule has 134 valence electrons. The molecule has 1 fully saturated rings. The van der Waals surface area contributed by atoms with Gasteiger partial charge in [-0.05, 0) is 31.5 Å². The molecule has 1 atom stereocenters. The molecule has 0 radical (unpaired) electrons. The lowest BCUT2D eigenvalue weighted by atomic mass is 10.0. The average molecular weight is 369 g/mol. The standard InChI is InChI=1S/C17H28O5Si2/c1-18-24(19-2,20-3)16-10-11-17-14(12-16)13-21-23(4,22-17)15-8-6-5-7-9-15/h10-12,15H,5-9,13H2,1-4H3. The van der Waals surface area contributed by atoms with Gasteiger partial charge in [0.1, 0.15) is 5.75 Å². The molecule has 0 spiro atoms. The molecule has 24 heavy (non-hydrogen) atoms. The first kappa shape index (κ1) is 18.1. The Morgan fingerprint density at radius 1 is 1.04 bits per heavy atom. The maximum absolute atomic E-state index is 6.44. The molecule has 1 aromatic rings. The Kier molecular flexibility index (Phi) is 5.48. The molecule has 7 heteroatoms. The highest BCUT2D eigenvalue weighted by Gasteiger charge is 2.47. The van der Waals surface area contributed by atoms with Gasteiger partial charge in [-0.2, -0.15) is 0 Å². The Bertz CT molecular complexity index is 564. The third kappa shape index (κ3) is 3.21. The monoisotopic (exact) mass is 368 g/mol. The van der Waals surface area contributed by atoms with Crippen molar-refractivity contribution >= 4 is 22.6 Å². The van der Waals surface area contributed by atoms with Crippen molar-refractivity contribution in [3.8, 4) is 5.75 Å². The van der Waals surface area contributed by atoms with Crippen LogP contribution in [-0.4, -0.2) is 38.7 Å². The third-order valence-corrected chi connectivity index (χ3v) is 11.4. The lowest BCUT2D eigenvalue weighted by molar-refractivity contribution is 0.140. The largest absolute Gasteiger partial charge is 0.536 e. The Morgan fingerprint density at radius 3 is 2.33 bits per heavy atom. The number of benzene rings is 1. The number of rotatable bonds is 5. The first-order valence-electron chi connectivity index (χ1n) is 8.68. The van der Waals surface area contributed by atoms with E-state index in [1.165, 1.54) is 32.1 Å². The predicted molar refractivity (Wildman–Crippen MR) is 96.7 cm³/mol. The molecular weight excluding hydrogens is 340 g/mol. The molecule has 1 aliphatic carbocycles. The Morgan fingerprint density at radius 2 is 1.71 bits per heavy atom. The molecule has 1 heterocycles. The van der Waals surface area contributed by atoms with Gasteiger partial charge in [0.05, 0.1) is 6.61 Å². The molecule has 2 aliphatic rings. The Balaban J connectivity index is 1.84. The second-order valence-electron chi connectivity index (χ2n) is 6.73. The van der Waals surface area contributed by atoms with Crippen molar-refractivity contribution in [1.29, 1.82) is 0 Å². The van der Waals surface area contributed by atoms with Crippen LogP contribution in [0.25, 0.3) is 0 Å². The van der Waals surface area contributed by atoms with Crippen LogP contribution in [-0.2, 0) is 24.3 Å². The molecule has 1 saturated carbocycles. The molecule has 0 amide bonds. The zero-order valence-electron chi connectivity index (χ0n) is 15.1. The fraction of sp³-hybridized carbons (Fsp3) is 0.647. The normalized spacial score (nSPS) is 25.2. The highest BCUT2D eigenvalue weighted by atomic mass is 28.4. The van der Waals surface area contributed by atoms with Crippen LogP contribution in [0, 0.1) is 0 Å². The molecule has 0 aromatic heterocycles. The maximum atomic E-state index is 6.44. The summed E-state index contributed by atoms with van der Waals surface area (Å²) in [5.41, 5.74) is 1.65. The van der Waals surface area contributed by atoms with Crippen molar-refractivity contribution in [3.63, 3.8) is 0 Å². The minimum atomic E-state index is -2.82. The van der Waals surface area contributed by atoms with Crippen molar-refractivity contribution in [2.75, 3.05) is 21.3 Å². The summed E-state index contributed by atoms with van der Waals surface area (Å²) < 4.78 is 29.5. The van der Waals surface area contributed by atoms with E-state index < -0.39 is 17.4 Å². The smallest absolute Gasteiger partial charge is 0.520 e. The highest BCUT2D eigenvalue weighted by Crippen LogP contribution is 2.42. The zero-order valence-corrected chi connectivity index (χ0v) is 17.1. The van der Waals surface area contributed by atoms with Gasteiger partial charge in [-0.3, -0.25) is 0 Å². The van der Waals surface area contributed by atoms with Crippen LogP contribution < -0.4 is 9.61 Å². The molecule has 1 aliphatic heterocycles. The lowest BCUT2D eigenvalue weighted by Gasteiger charge is -2.40. The summed E-state index contributed by atoms with van der Waals surface area (Å²) in [5.74, 6) is 0.955. The number of fused-ring (bicyclic) bond motifs is 1. The van der Waals surface area contributed by atoms with Crippen LogP contribution in [0.2, 0.25) is 12.1 Å². The summed E-state index contributed by atoms with van der Waals surface area (Å²) in [7, 11) is -0.107. The molecule has 5 nitrogen and oxygen atoms in total. The van der Waals surface area contributed by atoms with Crippen molar-refractivity contribution in [3.05, 3.63) is 23.8 Å². The average Bonchev–Trinajstić information content (AvgIpc) is 2.64. The Hall–Kier alpha value is -0.706. The summed E-state index contributed by atoms with van der Waals surface area (Å²) in [6, 6.07) is 6.08. The second-order valence-corrected chi connectivity index (χ2v) is 13.0. The first-order valence-corrected chi connectivity index (χ1v) is 12.8. The van der Waals surface area contributed by atoms with E-state index in [9.17, 15) is 0 Å². The quantitative estimate of drug-likeness (QED) is 0.748. The van der Waals surface area contributed by atoms with Crippen LogP contribution >= 0.6 is 0 Å². The van der Waals surface area contributed by atoms with Gasteiger partial charge in [-0.15, -0.1) is 0 Å². The molecule has 3 rings (SSSR count). The Labute approximate surface area is 146 Å². The minimum absolute atomic E-state index is 0.601. The predicted octanol–water partition coefficient (Wildman–Crippen LogP) is 3.09. The van der Waals surface area contributed by atoms with E-state index in [4.69, 9.17) is 22.1 Å². The molecule has 0 bridgehead atoms. The van der Waals surface area contributed by atoms with E-state index in [2.05, 4.69) is 6.55 Å². The SMILES string of the molecule is CO[Si](OC)(OC)c1ccc2c(c1)CO[Si](C)(C1CCCCC1)O2. The zero-order chi connectivity index (χ0) is 17.2. The molecule has 1 unspecified atom stereocenters. The van der Waals surface area contributed by atoms with E-state index in [0.29, 0.717) is 12.1 Å². The molecule has 0 saturated heterocycles. The van der Waals surface area contributed by atoms with E-state index in [1.54, 1.807) is 21.3 Å². The van der Waals surface area contributed by atoms with Gasteiger partial charge in [-0.1, -0.05) is 25.3 Å². The summed E-state index contributed by atoms with van der Waals surface area (Å²) in [6.45, 7) is 2.82. The van der Waals surface area contributed by atoms with Crippen LogP contribution in [0.5, 0.6) is 5.75 Å².